The lowest BCUT2D eigenvalue weighted by Crippen LogP contribution is -2.15. The molecule has 2 aromatic rings. The van der Waals surface area contributed by atoms with E-state index >= 15 is 0 Å². The second kappa shape index (κ2) is 8.95. The fourth-order valence-corrected chi connectivity index (χ4v) is 3.32. The molecule has 29 heavy (non-hydrogen) atoms. The Labute approximate surface area is 166 Å². The van der Waals surface area contributed by atoms with Crippen LogP contribution in [0.25, 0.3) is 5.57 Å². The quantitative estimate of drug-likeness (QED) is 0.542. The highest BCUT2D eigenvalue weighted by molar-refractivity contribution is 7.90. The zero-order valence-electron chi connectivity index (χ0n) is 15.6. The second-order valence-corrected chi connectivity index (χ2v) is 8.08. The number of rotatable bonds is 7. The summed E-state index contributed by atoms with van der Waals surface area (Å²) in [5, 5.41) is 9.23. The van der Waals surface area contributed by atoms with Crippen LogP contribution in [0.2, 0.25) is 0 Å². The molecule has 0 saturated carbocycles. The zero-order chi connectivity index (χ0) is 21.8. The average Bonchev–Trinajstić information content (AvgIpc) is 2.62. The number of carboxylic acids is 1. The minimum absolute atomic E-state index is 0.0175. The van der Waals surface area contributed by atoms with Crippen LogP contribution in [-0.4, -0.2) is 38.3 Å². The Morgan fingerprint density at radius 3 is 2.17 bits per heavy atom. The van der Waals surface area contributed by atoms with Crippen molar-refractivity contribution in [3.05, 3.63) is 70.8 Å². The maximum absolute atomic E-state index is 14.5. The van der Waals surface area contributed by atoms with Crippen LogP contribution in [0.15, 0.2) is 52.9 Å². The van der Waals surface area contributed by atoms with Crippen LogP contribution in [0.1, 0.15) is 24.5 Å². The van der Waals surface area contributed by atoms with Crippen LogP contribution in [0.4, 0.5) is 8.78 Å². The van der Waals surface area contributed by atoms with Crippen LogP contribution in [-0.2, 0) is 24.2 Å². The summed E-state index contributed by atoms with van der Waals surface area (Å²) in [6.45, 7) is 1.48. The lowest BCUT2D eigenvalue weighted by Gasteiger charge is -2.16. The van der Waals surface area contributed by atoms with Crippen LogP contribution in [0.5, 0.6) is 0 Å². The van der Waals surface area contributed by atoms with Gasteiger partial charge in [-0.2, -0.15) is 0 Å². The zero-order valence-corrected chi connectivity index (χ0v) is 16.4. The summed E-state index contributed by atoms with van der Waals surface area (Å²) in [5.74, 6) is -4.20. The first kappa shape index (κ1) is 22.2. The predicted octanol–water partition coefficient (Wildman–Crippen LogP) is 3.21. The highest BCUT2D eigenvalue weighted by Crippen LogP contribution is 2.32. The van der Waals surface area contributed by atoms with Gasteiger partial charge in [0.1, 0.15) is 11.6 Å². The molecular formula is C20H18F2O6S. The van der Waals surface area contributed by atoms with Gasteiger partial charge in [0.15, 0.2) is 9.84 Å². The number of sulfone groups is 1. The Balaban J connectivity index is 2.82. The Hall–Kier alpha value is -3.07. The lowest BCUT2D eigenvalue weighted by atomic mass is 9.91. The molecule has 6 nitrogen and oxygen atoms in total. The molecule has 0 unspecified atom stereocenters. The van der Waals surface area contributed by atoms with E-state index in [-0.39, 0.29) is 33.8 Å². The van der Waals surface area contributed by atoms with Gasteiger partial charge in [-0.15, -0.1) is 0 Å². The van der Waals surface area contributed by atoms with Gasteiger partial charge in [-0.3, -0.25) is 4.79 Å². The first-order valence-corrected chi connectivity index (χ1v) is 10.3. The maximum Gasteiger partial charge on any atom is 0.335 e. The van der Waals surface area contributed by atoms with E-state index in [1.807, 2.05) is 0 Å². The molecule has 9 heteroatoms. The molecule has 2 aromatic carbocycles. The third-order valence-electron chi connectivity index (χ3n) is 3.92. The molecule has 2 rings (SSSR count). The van der Waals surface area contributed by atoms with Gasteiger partial charge >= 0.3 is 11.9 Å². The fraction of sp³-hybridized carbons (Fsp3) is 0.200. The van der Waals surface area contributed by atoms with Crippen molar-refractivity contribution in [2.75, 3.05) is 12.9 Å². The molecule has 0 spiro atoms. The van der Waals surface area contributed by atoms with Gasteiger partial charge in [0.25, 0.3) is 0 Å². The number of aliphatic carboxylic acids is 1. The van der Waals surface area contributed by atoms with Crippen LogP contribution >= 0.6 is 0 Å². The lowest BCUT2D eigenvalue weighted by molar-refractivity contribution is -0.142. The Morgan fingerprint density at radius 2 is 1.69 bits per heavy atom. The summed E-state index contributed by atoms with van der Waals surface area (Å²) >= 11 is 0. The van der Waals surface area contributed by atoms with E-state index in [0.29, 0.717) is 6.07 Å². The topological polar surface area (TPSA) is 97.7 Å². The largest absolute Gasteiger partial charge is 0.481 e. The second-order valence-electron chi connectivity index (χ2n) is 6.07. The molecule has 0 aliphatic carbocycles. The Bertz CT molecular complexity index is 1070. The van der Waals surface area contributed by atoms with Gasteiger partial charge < -0.3 is 9.84 Å². The van der Waals surface area contributed by atoms with Gasteiger partial charge in [0, 0.05) is 23.5 Å². The molecule has 0 bridgehead atoms. The molecule has 0 aromatic heterocycles. The maximum atomic E-state index is 14.5. The molecule has 0 heterocycles. The van der Waals surface area contributed by atoms with Crippen molar-refractivity contribution >= 4 is 27.3 Å². The summed E-state index contributed by atoms with van der Waals surface area (Å²) in [6.07, 6.45) is 0.228. The van der Waals surface area contributed by atoms with Crippen molar-refractivity contribution < 1.29 is 36.6 Å². The van der Waals surface area contributed by atoms with E-state index in [0.717, 1.165) is 18.4 Å². The first-order chi connectivity index (χ1) is 13.5. The molecule has 0 fully saturated rings. The molecule has 0 amide bonds. The number of esters is 1. The molecule has 0 aliphatic rings. The summed E-state index contributed by atoms with van der Waals surface area (Å²) in [5.41, 5.74) is -0.518. The Kier molecular flexibility index (Phi) is 6.86. The molecule has 0 radical (unpaired) electrons. The molecule has 154 valence electrons. The van der Waals surface area contributed by atoms with Crippen LogP contribution in [0.3, 0.4) is 0 Å². The molecule has 0 atom stereocenters. The van der Waals surface area contributed by atoms with E-state index in [4.69, 9.17) is 4.74 Å². The smallest absolute Gasteiger partial charge is 0.335 e. The number of halogens is 2. The fourth-order valence-electron chi connectivity index (χ4n) is 2.69. The van der Waals surface area contributed by atoms with Crippen molar-refractivity contribution in [1.82, 2.24) is 0 Å². The normalized spacial score (nSPS) is 12.3. The summed E-state index contributed by atoms with van der Waals surface area (Å²) in [7, 11) is -3.51. The van der Waals surface area contributed by atoms with Crippen molar-refractivity contribution in [3.8, 4) is 0 Å². The van der Waals surface area contributed by atoms with Gasteiger partial charge in [0.2, 0.25) is 0 Å². The van der Waals surface area contributed by atoms with Crippen LogP contribution < -0.4 is 0 Å². The molecule has 0 saturated heterocycles. The molecule has 0 aliphatic heterocycles. The number of ether oxygens (including phenoxy) is 1. The van der Waals surface area contributed by atoms with Gasteiger partial charge in [-0.25, -0.2) is 22.0 Å². The minimum Gasteiger partial charge on any atom is -0.481 e. The molecule has 1 N–H and O–H groups in total. The van der Waals surface area contributed by atoms with Gasteiger partial charge in [-0.1, -0.05) is 12.1 Å². The van der Waals surface area contributed by atoms with E-state index in [1.54, 1.807) is 0 Å². The van der Waals surface area contributed by atoms with Crippen molar-refractivity contribution in [3.63, 3.8) is 0 Å². The summed E-state index contributed by atoms with van der Waals surface area (Å²) < 4.78 is 56.2. The van der Waals surface area contributed by atoms with Crippen molar-refractivity contribution in [1.29, 1.82) is 0 Å². The summed E-state index contributed by atoms with van der Waals surface area (Å²) in [4.78, 5) is 23.8. The van der Waals surface area contributed by atoms with E-state index in [9.17, 15) is 31.9 Å². The number of benzene rings is 2. The standard InChI is InChI=1S/C20H18F2O6S/c1-3-28-20(25)16(11-18(23)24)19(15-9-6-13(21)10-17(15)22)12-4-7-14(8-5-12)29(2,26)27/h4-10H,3,11H2,1-2H3,(H,23,24). The third-order valence-corrected chi connectivity index (χ3v) is 5.05. The number of carbonyl (C=O) groups excluding carboxylic acids is 1. The van der Waals surface area contributed by atoms with E-state index in [2.05, 4.69) is 0 Å². The highest BCUT2D eigenvalue weighted by atomic mass is 32.2. The average molecular weight is 424 g/mol. The van der Waals surface area contributed by atoms with Gasteiger partial charge in [0.05, 0.1) is 23.5 Å². The monoisotopic (exact) mass is 424 g/mol. The third kappa shape index (κ3) is 5.47. The number of hydrogen-bond acceptors (Lipinski definition) is 5. The first-order valence-electron chi connectivity index (χ1n) is 8.42. The Morgan fingerprint density at radius 1 is 1.07 bits per heavy atom. The number of carboxylic acid groups (broad SMARTS) is 1. The van der Waals surface area contributed by atoms with Crippen LogP contribution in [0, 0.1) is 11.6 Å². The SMILES string of the molecule is CCOC(=O)C(CC(=O)O)=C(c1ccc(S(C)(=O)=O)cc1)c1ccc(F)cc1F. The number of carbonyl (C=O) groups is 2. The minimum atomic E-state index is -3.51. The molecular weight excluding hydrogens is 406 g/mol. The van der Waals surface area contributed by atoms with E-state index < -0.39 is 39.8 Å². The predicted molar refractivity (Wildman–Crippen MR) is 101 cm³/mol. The number of hydrogen-bond donors (Lipinski definition) is 1. The highest BCUT2D eigenvalue weighted by Gasteiger charge is 2.24. The summed E-state index contributed by atoms with van der Waals surface area (Å²) in [6, 6.07) is 7.76. The van der Waals surface area contributed by atoms with E-state index in [1.165, 1.54) is 31.2 Å². The van der Waals surface area contributed by atoms with Crippen molar-refractivity contribution in [2.45, 2.75) is 18.2 Å². The van der Waals surface area contributed by atoms with Gasteiger partial charge in [-0.05, 0) is 36.8 Å². The van der Waals surface area contributed by atoms with Crippen molar-refractivity contribution in [2.24, 2.45) is 0 Å².